The number of benzene rings is 1. The van der Waals surface area contributed by atoms with E-state index in [9.17, 15) is 4.79 Å². The second kappa shape index (κ2) is 8.70. The van der Waals surface area contributed by atoms with Crippen molar-refractivity contribution in [3.05, 3.63) is 35.4 Å². The molecule has 1 aromatic carbocycles. The van der Waals surface area contributed by atoms with E-state index >= 15 is 0 Å². The van der Waals surface area contributed by atoms with Crippen LogP contribution in [0.3, 0.4) is 0 Å². The Kier molecular flexibility index (Phi) is 7.56. The van der Waals surface area contributed by atoms with Gasteiger partial charge >= 0.3 is 0 Å². The summed E-state index contributed by atoms with van der Waals surface area (Å²) in [6, 6.07) is 8.51. The minimum atomic E-state index is -0.141. The fourth-order valence-corrected chi connectivity index (χ4v) is 3.59. The van der Waals surface area contributed by atoms with Crippen LogP contribution in [-0.4, -0.2) is 18.5 Å². The Bertz CT molecular complexity index is 510. The zero-order chi connectivity index (χ0) is 16.2. The molecule has 0 saturated heterocycles. The molecule has 1 fully saturated rings. The van der Waals surface area contributed by atoms with E-state index in [1.54, 1.807) is 0 Å². The summed E-state index contributed by atoms with van der Waals surface area (Å²) in [4.78, 5) is 12.3. The highest BCUT2D eigenvalue weighted by molar-refractivity contribution is 5.85. The molecule has 0 aromatic heterocycles. The standard InChI is InChI=1S/C19H30N2O.ClH/c1-14-9-5-6-10-17(14)19(11-7-4-8-12-19)13-21-18(22)15(2)16(3)20;/h5-6,9-10,15-16H,4,7-8,11-13,20H2,1-3H3,(H,21,22);1H. The molecule has 1 aromatic rings. The van der Waals surface area contributed by atoms with E-state index in [2.05, 4.69) is 36.5 Å². The number of aryl methyl sites for hydroxylation is 1. The van der Waals surface area contributed by atoms with Crippen molar-refractivity contribution < 1.29 is 4.79 Å². The maximum absolute atomic E-state index is 12.3. The van der Waals surface area contributed by atoms with Crippen LogP contribution in [-0.2, 0) is 10.2 Å². The zero-order valence-electron chi connectivity index (χ0n) is 14.6. The van der Waals surface area contributed by atoms with E-state index in [1.807, 2.05) is 13.8 Å². The molecule has 2 unspecified atom stereocenters. The van der Waals surface area contributed by atoms with Gasteiger partial charge in [-0.05, 0) is 37.8 Å². The lowest BCUT2D eigenvalue weighted by atomic mass is 9.68. The van der Waals surface area contributed by atoms with Crippen molar-refractivity contribution in [3.8, 4) is 0 Å². The molecule has 130 valence electrons. The maximum Gasteiger partial charge on any atom is 0.224 e. The van der Waals surface area contributed by atoms with E-state index in [1.165, 1.54) is 30.4 Å². The largest absolute Gasteiger partial charge is 0.355 e. The third kappa shape index (κ3) is 4.71. The van der Waals surface area contributed by atoms with Gasteiger partial charge in [-0.3, -0.25) is 4.79 Å². The first-order chi connectivity index (χ1) is 10.5. The van der Waals surface area contributed by atoms with Gasteiger partial charge in [0.25, 0.3) is 0 Å². The molecule has 0 bridgehead atoms. The van der Waals surface area contributed by atoms with Crippen molar-refractivity contribution in [1.82, 2.24) is 5.32 Å². The molecule has 3 N–H and O–H groups in total. The molecule has 2 rings (SSSR count). The Morgan fingerprint density at radius 3 is 2.39 bits per heavy atom. The number of amides is 1. The molecule has 3 nitrogen and oxygen atoms in total. The number of hydrogen-bond donors (Lipinski definition) is 2. The molecule has 0 heterocycles. The van der Waals surface area contributed by atoms with Crippen LogP contribution in [0.25, 0.3) is 0 Å². The van der Waals surface area contributed by atoms with Crippen molar-refractivity contribution in [3.63, 3.8) is 0 Å². The van der Waals surface area contributed by atoms with Crippen molar-refractivity contribution in [2.45, 2.75) is 64.3 Å². The van der Waals surface area contributed by atoms with Gasteiger partial charge in [-0.2, -0.15) is 0 Å². The SMILES string of the molecule is Cc1ccccc1C1(CNC(=O)C(C)C(C)N)CCCCC1.Cl. The fraction of sp³-hybridized carbons (Fsp3) is 0.632. The van der Waals surface area contributed by atoms with Gasteiger partial charge in [0, 0.05) is 23.9 Å². The first-order valence-corrected chi connectivity index (χ1v) is 8.56. The predicted octanol–water partition coefficient (Wildman–Crippen LogP) is 3.72. The first-order valence-electron chi connectivity index (χ1n) is 8.56. The molecule has 0 radical (unpaired) electrons. The highest BCUT2D eigenvalue weighted by Crippen LogP contribution is 2.40. The van der Waals surface area contributed by atoms with Crippen LogP contribution in [0.4, 0.5) is 0 Å². The second-order valence-electron chi connectivity index (χ2n) is 7.02. The van der Waals surface area contributed by atoms with E-state index in [-0.39, 0.29) is 35.7 Å². The normalized spacial score (nSPS) is 19.3. The van der Waals surface area contributed by atoms with E-state index in [0.717, 1.165) is 19.4 Å². The third-order valence-corrected chi connectivity index (χ3v) is 5.33. The molecule has 0 aliphatic heterocycles. The summed E-state index contributed by atoms with van der Waals surface area (Å²) in [5.41, 5.74) is 8.69. The van der Waals surface area contributed by atoms with Gasteiger partial charge in [0.1, 0.15) is 0 Å². The molecular formula is C19H31ClN2O. The van der Waals surface area contributed by atoms with Gasteiger partial charge in [-0.15, -0.1) is 12.4 Å². The summed E-state index contributed by atoms with van der Waals surface area (Å²) in [6.45, 7) is 6.70. The lowest BCUT2D eigenvalue weighted by Crippen LogP contribution is -2.46. The Labute approximate surface area is 146 Å². The molecule has 23 heavy (non-hydrogen) atoms. The van der Waals surface area contributed by atoms with Crippen molar-refractivity contribution in [2.75, 3.05) is 6.54 Å². The van der Waals surface area contributed by atoms with E-state index in [0.29, 0.717) is 0 Å². The van der Waals surface area contributed by atoms with Crippen LogP contribution < -0.4 is 11.1 Å². The minimum absolute atomic E-state index is 0. The smallest absolute Gasteiger partial charge is 0.224 e. The van der Waals surface area contributed by atoms with E-state index < -0.39 is 0 Å². The van der Waals surface area contributed by atoms with Gasteiger partial charge in [0.15, 0.2) is 0 Å². The number of nitrogens with one attached hydrogen (secondary N) is 1. The lowest BCUT2D eigenvalue weighted by molar-refractivity contribution is -0.125. The number of halogens is 1. The highest BCUT2D eigenvalue weighted by atomic mass is 35.5. The minimum Gasteiger partial charge on any atom is -0.355 e. The molecule has 0 spiro atoms. The van der Waals surface area contributed by atoms with Crippen molar-refractivity contribution in [1.29, 1.82) is 0 Å². The zero-order valence-corrected chi connectivity index (χ0v) is 15.4. The summed E-state index contributed by atoms with van der Waals surface area (Å²) in [5.74, 6) is -0.0638. The topological polar surface area (TPSA) is 55.1 Å². The molecule has 1 saturated carbocycles. The fourth-order valence-electron chi connectivity index (χ4n) is 3.59. The highest BCUT2D eigenvalue weighted by Gasteiger charge is 2.35. The molecular weight excluding hydrogens is 308 g/mol. The van der Waals surface area contributed by atoms with Crippen LogP contribution >= 0.6 is 12.4 Å². The first kappa shape index (κ1) is 20.0. The van der Waals surface area contributed by atoms with Crippen LogP contribution in [0.5, 0.6) is 0 Å². The summed E-state index contributed by atoms with van der Waals surface area (Å²) < 4.78 is 0. The summed E-state index contributed by atoms with van der Waals surface area (Å²) in [5, 5.41) is 3.18. The number of carbonyl (C=O) groups is 1. The third-order valence-electron chi connectivity index (χ3n) is 5.33. The van der Waals surface area contributed by atoms with Crippen LogP contribution in [0, 0.1) is 12.8 Å². The molecule has 1 amide bonds. The molecule has 4 heteroatoms. The predicted molar refractivity (Wildman–Crippen MR) is 99.0 cm³/mol. The average Bonchev–Trinajstić information content (AvgIpc) is 2.53. The van der Waals surface area contributed by atoms with Gasteiger partial charge in [0.05, 0.1) is 0 Å². The quantitative estimate of drug-likeness (QED) is 0.859. The monoisotopic (exact) mass is 338 g/mol. The second-order valence-corrected chi connectivity index (χ2v) is 7.02. The van der Waals surface area contributed by atoms with Crippen LogP contribution in [0.2, 0.25) is 0 Å². The molecule has 1 aliphatic carbocycles. The Morgan fingerprint density at radius 2 is 1.83 bits per heavy atom. The van der Waals surface area contributed by atoms with Crippen molar-refractivity contribution in [2.24, 2.45) is 11.7 Å². The number of carbonyl (C=O) groups excluding carboxylic acids is 1. The van der Waals surface area contributed by atoms with E-state index in [4.69, 9.17) is 5.73 Å². The average molecular weight is 339 g/mol. The Morgan fingerprint density at radius 1 is 1.22 bits per heavy atom. The molecule has 2 atom stereocenters. The van der Waals surface area contributed by atoms with Crippen LogP contribution in [0.1, 0.15) is 57.1 Å². The Balaban J connectivity index is 0.00000264. The number of hydrogen-bond acceptors (Lipinski definition) is 2. The van der Waals surface area contributed by atoms with Crippen molar-refractivity contribution >= 4 is 18.3 Å². The van der Waals surface area contributed by atoms with Gasteiger partial charge in [-0.1, -0.05) is 50.5 Å². The summed E-state index contributed by atoms with van der Waals surface area (Å²) in [6.07, 6.45) is 6.10. The summed E-state index contributed by atoms with van der Waals surface area (Å²) >= 11 is 0. The lowest BCUT2D eigenvalue weighted by Gasteiger charge is -2.39. The number of nitrogens with two attached hydrogens (primary N) is 1. The van der Waals surface area contributed by atoms with Gasteiger partial charge in [0.2, 0.25) is 5.91 Å². The summed E-state index contributed by atoms with van der Waals surface area (Å²) in [7, 11) is 0. The Hall–Kier alpha value is -1.06. The van der Waals surface area contributed by atoms with Crippen LogP contribution in [0.15, 0.2) is 24.3 Å². The maximum atomic E-state index is 12.3. The van der Waals surface area contributed by atoms with Gasteiger partial charge in [-0.25, -0.2) is 0 Å². The van der Waals surface area contributed by atoms with Gasteiger partial charge < -0.3 is 11.1 Å². The number of rotatable bonds is 5. The molecule has 1 aliphatic rings.